The van der Waals surface area contributed by atoms with E-state index in [0.717, 1.165) is 0 Å². The van der Waals surface area contributed by atoms with Gasteiger partial charge >= 0.3 is 0 Å². The van der Waals surface area contributed by atoms with Gasteiger partial charge in [0.15, 0.2) is 0 Å². The Labute approximate surface area is 98.9 Å². The first-order chi connectivity index (χ1) is 6.65. The SMILES string of the molecule is CC(CCl)COc1cccc(Cl)c1Cl. The number of hydrogen-bond acceptors (Lipinski definition) is 1. The Morgan fingerprint density at radius 3 is 2.71 bits per heavy atom. The highest BCUT2D eigenvalue weighted by Crippen LogP contribution is 2.31. The molecule has 0 aliphatic rings. The van der Waals surface area contributed by atoms with Gasteiger partial charge in [0, 0.05) is 11.8 Å². The lowest BCUT2D eigenvalue weighted by Gasteiger charge is -2.11. The van der Waals surface area contributed by atoms with Gasteiger partial charge in [0.25, 0.3) is 0 Å². The minimum absolute atomic E-state index is 0.298. The van der Waals surface area contributed by atoms with Crippen LogP contribution in [0.1, 0.15) is 6.92 Å². The summed E-state index contributed by atoms with van der Waals surface area (Å²) in [6.07, 6.45) is 0. The number of halogens is 3. The van der Waals surface area contributed by atoms with Crippen molar-refractivity contribution in [3.8, 4) is 5.75 Å². The van der Waals surface area contributed by atoms with E-state index in [0.29, 0.717) is 34.2 Å². The zero-order chi connectivity index (χ0) is 10.6. The van der Waals surface area contributed by atoms with E-state index in [2.05, 4.69) is 0 Å². The molecule has 0 saturated carbocycles. The average Bonchev–Trinajstić information content (AvgIpc) is 2.20. The maximum Gasteiger partial charge on any atom is 0.139 e. The highest BCUT2D eigenvalue weighted by molar-refractivity contribution is 6.42. The molecule has 1 rings (SSSR count). The molecular weight excluding hydrogens is 242 g/mol. The summed E-state index contributed by atoms with van der Waals surface area (Å²) in [7, 11) is 0. The van der Waals surface area contributed by atoms with Gasteiger partial charge < -0.3 is 4.74 Å². The fourth-order valence-electron chi connectivity index (χ4n) is 0.872. The fourth-order valence-corrected chi connectivity index (χ4v) is 1.31. The van der Waals surface area contributed by atoms with E-state index in [1.807, 2.05) is 6.92 Å². The molecule has 1 aromatic carbocycles. The van der Waals surface area contributed by atoms with E-state index in [-0.39, 0.29) is 0 Å². The summed E-state index contributed by atoms with van der Waals surface area (Å²) in [4.78, 5) is 0. The third-order valence-corrected chi connectivity index (χ3v) is 3.03. The van der Waals surface area contributed by atoms with Crippen molar-refractivity contribution >= 4 is 34.8 Å². The molecule has 0 radical (unpaired) electrons. The standard InChI is InChI=1S/C10H11Cl3O/c1-7(5-11)6-14-9-4-2-3-8(12)10(9)13/h2-4,7H,5-6H2,1H3. The van der Waals surface area contributed by atoms with Gasteiger partial charge in [0.1, 0.15) is 10.8 Å². The maximum atomic E-state index is 5.93. The highest BCUT2D eigenvalue weighted by atomic mass is 35.5. The monoisotopic (exact) mass is 252 g/mol. The summed E-state index contributed by atoms with van der Waals surface area (Å²) in [6, 6.07) is 5.31. The van der Waals surface area contributed by atoms with Gasteiger partial charge in [-0.1, -0.05) is 36.2 Å². The number of alkyl halides is 1. The molecule has 4 heteroatoms. The van der Waals surface area contributed by atoms with E-state index in [4.69, 9.17) is 39.5 Å². The van der Waals surface area contributed by atoms with Crippen LogP contribution in [0.4, 0.5) is 0 Å². The van der Waals surface area contributed by atoms with Gasteiger partial charge in [-0.05, 0) is 12.1 Å². The average molecular weight is 254 g/mol. The van der Waals surface area contributed by atoms with Crippen molar-refractivity contribution in [2.45, 2.75) is 6.92 Å². The second kappa shape index (κ2) is 5.69. The number of hydrogen-bond donors (Lipinski definition) is 0. The van der Waals surface area contributed by atoms with Crippen molar-refractivity contribution in [2.24, 2.45) is 5.92 Å². The first-order valence-corrected chi connectivity index (χ1v) is 5.57. The zero-order valence-electron chi connectivity index (χ0n) is 7.77. The minimum Gasteiger partial charge on any atom is -0.492 e. The lowest BCUT2D eigenvalue weighted by Crippen LogP contribution is -2.09. The molecule has 0 amide bonds. The number of benzene rings is 1. The molecule has 14 heavy (non-hydrogen) atoms. The largest absolute Gasteiger partial charge is 0.492 e. The van der Waals surface area contributed by atoms with Gasteiger partial charge in [-0.25, -0.2) is 0 Å². The number of rotatable bonds is 4. The first kappa shape index (κ1) is 12.0. The van der Waals surface area contributed by atoms with Gasteiger partial charge in [-0.3, -0.25) is 0 Å². The van der Waals surface area contributed by atoms with Gasteiger partial charge in [0.05, 0.1) is 11.6 Å². The summed E-state index contributed by atoms with van der Waals surface area (Å²) in [5.41, 5.74) is 0. The third-order valence-electron chi connectivity index (χ3n) is 1.70. The maximum absolute atomic E-state index is 5.93. The molecule has 1 unspecified atom stereocenters. The van der Waals surface area contributed by atoms with Crippen LogP contribution in [-0.2, 0) is 0 Å². The molecule has 0 aliphatic heterocycles. The Bertz CT molecular complexity index is 301. The van der Waals surface area contributed by atoms with Crippen molar-refractivity contribution in [1.82, 2.24) is 0 Å². The van der Waals surface area contributed by atoms with Crippen LogP contribution in [0, 0.1) is 5.92 Å². The summed E-state index contributed by atoms with van der Waals surface area (Å²) in [5.74, 6) is 1.47. The Morgan fingerprint density at radius 1 is 1.36 bits per heavy atom. The Balaban J connectivity index is 2.63. The Kier molecular flexibility index (Phi) is 4.86. The van der Waals surface area contributed by atoms with Crippen LogP contribution < -0.4 is 4.74 Å². The number of ether oxygens (including phenoxy) is 1. The minimum atomic E-state index is 0.298. The van der Waals surface area contributed by atoms with Crippen LogP contribution in [-0.4, -0.2) is 12.5 Å². The van der Waals surface area contributed by atoms with Crippen LogP contribution in [0.2, 0.25) is 10.0 Å². The summed E-state index contributed by atoms with van der Waals surface area (Å²) in [6.45, 7) is 2.55. The predicted octanol–water partition coefficient (Wildman–Crippen LogP) is 4.25. The van der Waals surface area contributed by atoms with Crippen LogP contribution in [0.3, 0.4) is 0 Å². The molecule has 0 bridgehead atoms. The van der Waals surface area contributed by atoms with Crippen LogP contribution in [0.15, 0.2) is 18.2 Å². The predicted molar refractivity (Wildman–Crippen MR) is 61.8 cm³/mol. The van der Waals surface area contributed by atoms with E-state index < -0.39 is 0 Å². The Morgan fingerprint density at radius 2 is 2.07 bits per heavy atom. The molecule has 1 atom stereocenters. The van der Waals surface area contributed by atoms with Gasteiger partial charge in [-0.15, -0.1) is 11.6 Å². The first-order valence-electron chi connectivity index (χ1n) is 4.28. The molecule has 0 spiro atoms. The molecule has 1 aromatic rings. The quantitative estimate of drug-likeness (QED) is 0.729. The second-order valence-electron chi connectivity index (χ2n) is 3.12. The fraction of sp³-hybridized carbons (Fsp3) is 0.400. The van der Waals surface area contributed by atoms with Crippen molar-refractivity contribution < 1.29 is 4.74 Å². The van der Waals surface area contributed by atoms with Gasteiger partial charge in [-0.2, -0.15) is 0 Å². The topological polar surface area (TPSA) is 9.23 Å². The molecule has 1 nitrogen and oxygen atoms in total. The normalized spacial score (nSPS) is 12.6. The molecule has 0 saturated heterocycles. The molecular formula is C10H11Cl3O. The molecule has 78 valence electrons. The lowest BCUT2D eigenvalue weighted by atomic mass is 10.2. The molecule has 0 heterocycles. The highest BCUT2D eigenvalue weighted by Gasteiger charge is 2.07. The molecule has 0 aromatic heterocycles. The van der Waals surface area contributed by atoms with E-state index in [1.54, 1.807) is 18.2 Å². The molecule has 0 fully saturated rings. The van der Waals surface area contributed by atoms with Crippen LogP contribution in [0.25, 0.3) is 0 Å². The smallest absolute Gasteiger partial charge is 0.139 e. The van der Waals surface area contributed by atoms with Crippen molar-refractivity contribution in [3.63, 3.8) is 0 Å². The van der Waals surface area contributed by atoms with E-state index in [9.17, 15) is 0 Å². The summed E-state index contributed by atoms with van der Waals surface area (Å²) in [5, 5.41) is 0.957. The van der Waals surface area contributed by atoms with Crippen molar-refractivity contribution in [2.75, 3.05) is 12.5 Å². The molecule has 0 aliphatic carbocycles. The lowest BCUT2D eigenvalue weighted by molar-refractivity contribution is 0.273. The summed E-state index contributed by atoms with van der Waals surface area (Å²) >= 11 is 17.4. The third kappa shape index (κ3) is 3.23. The van der Waals surface area contributed by atoms with Crippen LogP contribution >= 0.6 is 34.8 Å². The van der Waals surface area contributed by atoms with E-state index >= 15 is 0 Å². The second-order valence-corrected chi connectivity index (χ2v) is 4.22. The van der Waals surface area contributed by atoms with Gasteiger partial charge in [0.2, 0.25) is 0 Å². The van der Waals surface area contributed by atoms with Crippen molar-refractivity contribution in [3.05, 3.63) is 28.2 Å². The Hall–Kier alpha value is -0.110. The van der Waals surface area contributed by atoms with Crippen LogP contribution in [0.5, 0.6) is 5.75 Å². The zero-order valence-corrected chi connectivity index (χ0v) is 10.0. The van der Waals surface area contributed by atoms with Crippen molar-refractivity contribution in [1.29, 1.82) is 0 Å². The van der Waals surface area contributed by atoms with E-state index in [1.165, 1.54) is 0 Å². The molecule has 0 N–H and O–H groups in total. The summed E-state index contributed by atoms with van der Waals surface area (Å²) < 4.78 is 5.47.